The maximum Gasteiger partial charge on any atom is 0.416 e. The zero-order valence-electron chi connectivity index (χ0n) is 28.6. The van der Waals surface area contributed by atoms with E-state index in [4.69, 9.17) is 21.6 Å². The monoisotopic (exact) mass is 796 g/mol. The Balaban J connectivity index is 1.04. The molecule has 0 spiro atoms. The molecule has 8 nitrogen and oxygen atoms in total. The summed E-state index contributed by atoms with van der Waals surface area (Å²) in [4.78, 5) is 18.2. The summed E-state index contributed by atoms with van der Waals surface area (Å²) in [6, 6.07) is 29.7. The number of nitrogens with two attached hydrogens (primary N) is 2. The van der Waals surface area contributed by atoms with Crippen LogP contribution in [-0.2, 0) is 12.4 Å². The van der Waals surface area contributed by atoms with Crippen LogP contribution in [0.4, 0.5) is 26.3 Å². The van der Waals surface area contributed by atoms with Gasteiger partial charge in [-0.3, -0.25) is 10.8 Å². The van der Waals surface area contributed by atoms with Crippen molar-refractivity contribution in [3.05, 3.63) is 155 Å². The van der Waals surface area contributed by atoms with E-state index in [-0.39, 0.29) is 54.1 Å². The number of nitrogens with one attached hydrogen (secondary N) is 2. The third-order valence-electron chi connectivity index (χ3n) is 8.40. The second-order valence-corrected chi connectivity index (χ2v) is 14.3. The standard InChI is InChI=1S/C40H24F6N8S2/c41-39(42,43)23-7-1-5-21(19-23)27-9-3-11-31(51-27)35(47)55-37(49)33-15-13-25-26-14-16-34(54-30(26)18-17-29(25)53-33)38(50)56-36(48)32-12-4-10-28(52-32)22-6-2-8-24(20-22)40(44,45)46/h1-20,47-50H/p+2. The van der Waals surface area contributed by atoms with Gasteiger partial charge in [-0.2, -0.15) is 26.3 Å². The van der Waals surface area contributed by atoms with Crippen molar-refractivity contribution in [1.82, 2.24) is 19.9 Å². The largest absolute Gasteiger partial charge is 0.416 e. The summed E-state index contributed by atoms with van der Waals surface area (Å²) in [6.07, 6.45) is -9.01. The molecule has 0 saturated heterocycles. The Morgan fingerprint density at radius 2 is 0.857 bits per heavy atom. The van der Waals surface area contributed by atoms with E-state index in [1.54, 1.807) is 60.7 Å². The second kappa shape index (κ2) is 15.1. The van der Waals surface area contributed by atoms with E-state index in [2.05, 4.69) is 19.9 Å². The molecule has 0 fully saturated rings. The van der Waals surface area contributed by atoms with Crippen LogP contribution < -0.4 is 10.8 Å². The van der Waals surface area contributed by atoms with Crippen LogP contribution in [0.15, 0.2) is 121 Å². The predicted octanol–water partition coefficient (Wildman–Crippen LogP) is 7.47. The molecule has 3 aromatic carbocycles. The van der Waals surface area contributed by atoms with Gasteiger partial charge in [0.25, 0.3) is 10.1 Å². The van der Waals surface area contributed by atoms with Crippen LogP contribution in [-0.4, -0.2) is 40.1 Å². The van der Waals surface area contributed by atoms with E-state index in [0.717, 1.165) is 58.6 Å². The van der Waals surface area contributed by atoms with E-state index in [1.165, 1.54) is 24.3 Å². The van der Waals surface area contributed by atoms with E-state index >= 15 is 0 Å². The minimum atomic E-state index is -4.50. The zero-order chi connectivity index (χ0) is 39.8. The molecular weight excluding hydrogens is 771 g/mol. The number of halogens is 6. The lowest BCUT2D eigenvalue weighted by atomic mass is 10.1. The Hall–Kier alpha value is -6.26. The summed E-state index contributed by atoms with van der Waals surface area (Å²) < 4.78 is 79.6. The quantitative estimate of drug-likeness (QED) is 0.0594. The predicted molar refractivity (Wildman–Crippen MR) is 207 cm³/mol. The number of hydrogen-bond acceptors (Lipinski definition) is 8. The molecule has 0 aliphatic heterocycles. The van der Waals surface area contributed by atoms with Crippen molar-refractivity contribution in [2.75, 3.05) is 0 Å². The van der Waals surface area contributed by atoms with Gasteiger partial charge < -0.3 is 0 Å². The molecule has 0 aliphatic carbocycles. The molecular formula is C40H26F6N8S2+2. The maximum absolute atomic E-state index is 13.3. The normalized spacial score (nSPS) is 11.8. The van der Waals surface area contributed by atoms with E-state index < -0.39 is 23.5 Å². The lowest BCUT2D eigenvalue weighted by Crippen LogP contribution is -2.39. The first kappa shape index (κ1) is 38.0. The van der Waals surface area contributed by atoms with Crippen molar-refractivity contribution < 1.29 is 37.2 Å². The molecule has 4 heterocycles. The molecule has 0 radical (unpaired) electrons. The average molecular weight is 797 g/mol. The number of aromatic nitrogens is 4. The maximum atomic E-state index is 13.3. The Morgan fingerprint density at radius 3 is 1.25 bits per heavy atom. The van der Waals surface area contributed by atoms with Gasteiger partial charge >= 0.3 is 12.4 Å². The molecule has 0 bridgehead atoms. The molecule has 0 aliphatic rings. The Labute approximate surface area is 322 Å². The Morgan fingerprint density at radius 1 is 0.464 bits per heavy atom. The highest BCUT2D eigenvalue weighted by molar-refractivity contribution is 8.27. The van der Waals surface area contributed by atoms with Crippen LogP contribution in [0.1, 0.15) is 33.9 Å². The van der Waals surface area contributed by atoms with Crippen LogP contribution in [0.3, 0.4) is 0 Å². The van der Waals surface area contributed by atoms with Crippen molar-refractivity contribution in [3.8, 4) is 22.5 Å². The number of fused-ring (bicyclic) bond motifs is 3. The third-order valence-corrected chi connectivity index (χ3v) is 10.1. The molecule has 4 aromatic heterocycles. The summed E-state index contributed by atoms with van der Waals surface area (Å²) >= 11 is 1.83. The van der Waals surface area contributed by atoms with Crippen molar-refractivity contribution >= 4 is 65.5 Å². The first-order valence-corrected chi connectivity index (χ1v) is 18.1. The van der Waals surface area contributed by atoms with Crippen LogP contribution >= 0.6 is 23.5 Å². The Bertz CT molecular complexity index is 2550. The highest BCUT2D eigenvalue weighted by atomic mass is 32.2. The summed E-state index contributed by atoms with van der Waals surface area (Å²) in [6.45, 7) is 0. The van der Waals surface area contributed by atoms with Crippen molar-refractivity contribution in [2.45, 2.75) is 12.4 Å². The molecule has 0 unspecified atom stereocenters. The van der Waals surface area contributed by atoms with Crippen LogP contribution in [0.2, 0.25) is 0 Å². The van der Waals surface area contributed by atoms with Gasteiger partial charge in [0.15, 0.2) is 0 Å². The number of thioether (sulfide) groups is 2. The van der Waals surface area contributed by atoms with Gasteiger partial charge in [-0.25, -0.2) is 30.8 Å². The first-order chi connectivity index (χ1) is 26.6. The fourth-order valence-electron chi connectivity index (χ4n) is 5.67. The first-order valence-electron chi connectivity index (χ1n) is 16.4. The van der Waals surface area contributed by atoms with E-state index in [9.17, 15) is 26.3 Å². The van der Waals surface area contributed by atoms with Gasteiger partial charge in [0.1, 0.15) is 21.5 Å². The summed E-state index contributed by atoms with van der Waals surface area (Å²) in [5.74, 6) is 0. The van der Waals surface area contributed by atoms with Gasteiger partial charge in [-0.05, 0) is 84.9 Å². The van der Waals surface area contributed by atoms with Crippen LogP contribution in [0, 0.1) is 10.8 Å². The molecule has 278 valence electrons. The van der Waals surface area contributed by atoms with Gasteiger partial charge in [-0.15, -0.1) is 0 Å². The molecule has 7 rings (SSSR count). The average Bonchev–Trinajstić information content (AvgIpc) is 3.19. The number of rotatable bonds is 6. The molecule has 0 saturated carbocycles. The van der Waals surface area contributed by atoms with Crippen molar-refractivity contribution in [2.24, 2.45) is 0 Å². The van der Waals surface area contributed by atoms with E-state index in [0.29, 0.717) is 22.4 Å². The highest BCUT2D eigenvalue weighted by Crippen LogP contribution is 2.34. The summed E-state index contributed by atoms with van der Waals surface area (Å²) in [7, 11) is 0. The highest BCUT2D eigenvalue weighted by Gasteiger charge is 2.31. The Kier molecular flexibility index (Phi) is 10.3. The minimum Gasteiger partial charge on any atom is -0.292 e. The summed E-state index contributed by atoms with van der Waals surface area (Å²) in [5, 5.41) is 31.9. The lowest BCUT2D eigenvalue weighted by molar-refractivity contribution is -0.138. The van der Waals surface area contributed by atoms with Crippen molar-refractivity contribution in [1.29, 1.82) is 10.8 Å². The van der Waals surface area contributed by atoms with Crippen LogP contribution in [0.25, 0.3) is 44.3 Å². The summed E-state index contributed by atoms with van der Waals surface area (Å²) in [5.41, 5.74) is 1.95. The fraction of sp³-hybridized carbons (Fsp3) is 0.0500. The molecule has 7 aromatic rings. The van der Waals surface area contributed by atoms with Gasteiger partial charge in [-0.1, -0.05) is 36.4 Å². The number of benzene rings is 3. The molecule has 56 heavy (non-hydrogen) atoms. The SMILES string of the molecule is N=C(SC(=[NH2+])c1ccc2c(ccc3nc(C(=[NH2+])SC(=N)c4cccc(-c5cccc(C(F)(F)F)c5)n4)ccc32)n1)c1cccc(-c2cccc(C(F)(F)F)c2)n1. The number of pyridine rings is 4. The molecule has 0 amide bonds. The van der Waals surface area contributed by atoms with Gasteiger partial charge in [0, 0.05) is 45.4 Å². The minimum absolute atomic E-state index is 0.0209. The van der Waals surface area contributed by atoms with Crippen LogP contribution in [0.5, 0.6) is 0 Å². The topological polar surface area (TPSA) is 150 Å². The fourth-order valence-corrected chi connectivity index (χ4v) is 6.99. The molecule has 16 heteroatoms. The second-order valence-electron chi connectivity index (χ2n) is 12.2. The third kappa shape index (κ3) is 8.21. The van der Waals surface area contributed by atoms with Gasteiger partial charge in [0.05, 0.1) is 44.9 Å². The smallest absolute Gasteiger partial charge is 0.292 e. The van der Waals surface area contributed by atoms with Gasteiger partial charge in [0.2, 0.25) is 0 Å². The molecule has 0 atom stereocenters. The number of hydrogen-bond donors (Lipinski definition) is 4. The zero-order valence-corrected chi connectivity index (χ0v) is 30.2. The van der Waals surface area contributed by atoms with Crippen molar-refractivity contribution in [3.63, 3.8) is 0 Å². The number of alkyl halides is 6. The molecule has 6 N–H and O–H groups in total. The van der Waals surface area contributed by atoms with E-state index in [1.807, 2.05) is 12.1 Å². The lowest BCUT2D eigenvalue weighted by Gasteiger charge is -2.10. The number of nitrogens with zero attached hydrogens (tertiary/aromatic N) is 4.